The highest BCUT2D eigenvalue weighted by Gasteiger charge is 2.19. The van der Waals surface area contributed by atoms with Crippen LogP contribution in [-0.4, -0.2) is 17.6 Å². The summed E-state index contributed by atoms with van der Waals surface area (Å²) >= 11 is 0. The monoisotopic (exact) mass is 249 g/mol. The summed E-state index contributed by atoms with van der Waals surface area (Å²) in [5, 5.41) is 9.28. The van der Waals surface area contributed by atoms with Gasteiger partial charge in [0.1, 0.15) is 0 Å². The zero-order valence-electron chi connectivity index (χ0n) is 11.3. The number of aliphatic carboxylic acids is 1. The molecule has 1 atom stereocenters. The predicted octanol–water partition coefficient (Wildman–Crippen LogP) is 2.68. The predicted molar refractivity (Wildman–Crippen MR) is 73.7 cm³/mol. The Kier molecular flexibility index (Phi) is 5.86. The van der Waals surface area contributed by atoms with Crippen LogP contribution in [0.15, 0.2) is 18.2 Å². The highest BCUT2D eigenvalue weighted by Crippen LogP contribution is 2.21. The minimum absolute atomic E-state index is 0.295. The van der Waals surface area contributed by atoms with E-state index in [0.717, 1.165) is 12.8 Å². The molecule has 1 aromatic carbocycles. The third kappa shape index (κ3) is 4.15. The molecule has 0 saturated carbocycles. The summed E-state index contributed by atoms with van der Waals surface area (Å²) in [5.41, 5.74) is 8.98. The number of aryl methyl sites for hydroxylation is 2. The normalized spacial score (nSPS) is 12.4. The van der Waals surface area contributed by atoms with Crippen LogP contribution < -0.4 is 5.73 Å². The molecule has 3 heteroatoms. The fourth-order valence-corrected chi connectivity index (χ4v) is 2.27. The molecular weight excluding hydrogens is 226 g/mol. The smallest absolute Gasteiger partial charge is 0.306 e. The van der Waals surface area contributed by atoms with Crippen LogP contribution in [0.3, 0.4) is 0 Å². The lowest BCUT2D eigenvalue weighted by Crippen LogP contribution is -2.18. The molecule has 18 heavy (non-hydrogen) atoms. The third-order valence-electron chi connectivity index (χ3n) is 3.45. The third-order valence-corrected chi connectivity index (χ3v) is 3.45. The van der Waals surface area contributed by atoms with Crippen molar-refractivity contribution in [3.05, 3.63) is 34.9 Å². The highest BCUT2D eigenvalue weighted by molar-refractivity contribution is 5.70. The van der Waals surface area contributed by atoms with E-state index in [4.69, 9.17) is 5.73 Å². The Labute approximate surface area is 109 Å². The van der Waals surface area contributed by atoms with E-state index >= 15 is 0 Å². The molecule has 0 fully saturated rings. The molecule has 0 amide bonds. The lowest BCUT2D eigenvalue weighted by Gasteiger charge is -2.15. The zero-order chi connectivity index (χ0) is 13.5. The molecule has 1 aromatic rings. The molecule has 0 heterocycles. The molecule has 0 aliphatic rings. The van der Waals surface area contributed by atoms with Crippen LogP contribution in [0.5, 0.6) is 0 Å². The summed E-state index contributed by atoms with van der Waals surface area (Å²) in [5.74, 6) is -0.994. The number of rotatable bonds is 7. The van der Waals surface area contributed by atoms with Gasteiger partial charge in [-0.05, 0) is 56.3 Å². The number of unbranched alkanes of at least 4 members (excludes halogenated alkanes) is 1. The van der Waals surface area contributed by atoms with E-state index in [9.17, 15) is 9.90 Å². The van der Waals surface area contributed by atoms with Crippen molar-refractivity contribution < 1.29 is 9.90 Å². The van der Waals surface area contributed by atoms with Crippen LogP contribution in [0.4, 0.5) is 0 Å². The molecule has 0 saturated heterocycles. The SMILES string of the molecule is Cc1cccc(C)c1CC(CCCCN)C(=O)O. The van der Waals surface area contributed by atoms with Crippen LogP contribution in [0.2, 0.25) is 0 Å². The van der Waals surface area contributed by atoms with Crippen LogP contribution >= 0.6 is 0 Å². The van der Waals surface area contributed by atoms with Crippen molar-refractivity contribution >= 4 is 5.97 Å². The molecule has 0 spiro atoms. The van der Waals surface area contributed by atoms with E-state index in [1.54, 1.807) is 0 Å². The number of nitrogens with two attached hydrogens (primary N) is 1. The Hall–Kier alpha value is -1.35. The lowest BCUT2D eigenvalue weighted by atomic mass is 9.89. The molecule has 1 rings (SSSR count). The number of carboxylic acids is 1. The first-order valence-electron chi connectivity index (χ1n) is 6.54. The van der Waals surface area contributed by atoms with Gasteiger partial charge in [-0.3, -0.25) is 4.79 Å². The molecule has 0 aliphatic heterocycles. The van der Waals surface area contributed by atoms with Gasteiger partial charge in [0.15, 0.2) is 0 Å². The van der Waals surface area contributed by atoms with Crippen LogP contribution in [-0.2, 0) is 11.2 Å². The Morgan fingerprint density at radius 3 is 2.39 bits per heavy atom. The largest absolute Gasteiger partial charge is 0.481 e. The van der Waals surface area contributed by atoms with Gasteiger partial charge in [0.2, 0.25) is 0 Å². The van der Waals surface area contributed by atoms with E-state index in [2.05, 4.69) is 0 Å². The standard InChI is InChI=1S/C15H23NO2/c1-11-6-5-7-12(2)14(11)10-13(15(17)18)8-3-4-9-16/h5-7,13H,3-4,8-10,16H2,1-2H3,(H,17,18). The van der Waals surface area contributed by atoms with Crippen LogP contribution in [0.1, 0.15) is 36.0 Å². The molecule has 0 aromatic heterocycles. The van der Waals surface area contributed by atoms with Gasteiger partial charge in [-0.2, -0.15) is 0 Å². The minimum atomic E-state index is -0.699. The van der Waals surface area contributed by atoms with Gasteiger partial charge >= 0.3 is 5.97 Å². The number of hydrogen-bond donors (Lipinski definition) is 2. The van der Waals surface area contributed by atoms with Crippen LogP contribution in [0.25, 0.3) is 0 Å². The maximum absolute atomic E-state index is 11.3. The molecule has 3 nitrogen and oxygen atoms in total. The van der Waals surface area contributed by atoms with E-state index in [1.807, 2.05) is 32.0 Å². The summed E-state index contributed by atoms with van der Waals surface area (Å²) in [6.45, 7) is 4.72. The van der Waals surface area contributed by atoms with Crippen molar-refractivity contribution in [2.45, 2.75) is 39.5 Å². The minimum Gasteiger partial charge on any atom is -0.481 e. The fraction of sp³-hybridized carbons (Fsp3) is 0.533. The van der Waals surface area contributed by atoms with Crippen molar-refractivity contribution in [2.75, 3.05) is 6.54 Å². The first kappa shape index (κ1) is 14.7. The Bertz CT molecular complexity index is 381. The highest BCUT2D eigenvalue weighted by atomic mass is 16.4. The number of carbonyl (C=O) groups is 1. The first-order chi connectivity index (χ1) is 8.56. The number of hydrogen-bond acceptors (Lipinski definition) is 2. The van der Waals surface area contributed by atoms with Gasteiger partial charge < -0.3 is 10.8 Å². The van der Waals surface area contributed by atoms with Gasteiger partial charge in [-0.1, -0.05) is 24.6 Å². The summed E-state index contributed by atoms with van der Waals surface area (Å²) in [6, 6.07) is 6.10. The van der Waals surface area contributed by atoms with Crippen molar-refractivity contribution in [3.8, 4) is 0 Å². The Morgan fingerprint density at radius 1 is 1.28 bits per heavy atom. The summed E-state index contributed by atoms with van der Waals surface area (Å²) in [7, 11) is 0. The molecule has 1 unspecified atom stereocenters. The fourth-order valence-electron chi connectivity index (χ4n) is 2.27. The second-order valence-electron chi connectivity index (χ2n) is 4.89. The number of benzene rings is 1. The summed E-state index contributed by atoms with van der Waals surface area (Å²) < 4.78 is 0. The molecule has 0 bridgehead atoms. The Balaban J connectivity index is 2.74. The Morgan fingerprint density at radius 2 is 1.89 bits per heavy atom. The maximum Gasteiger partial charge on any atom is 0.306 e. The summed E-state index contributed by atoms with van der Waals surface area (Å²) in [4.78, 5) is 11.3. The average Bonchev–Trinajstić information content (AvgIpc) is 2.31. The van der Waals surface area contributed by atoms with Crippen molar-refractivity contribution in [3.63, 3.8) is 0 Å². The second kappa shape index (κ2) is 7.17. The topological polar surface area (TPSA) is 63.3 Å². The van der Waals surface area contributed by atoms with Gasteiger partial charge in [0, 0.05) is 0 Å². The molecule has 3 N–H and O–H groups in total. The molecule has 0 radical (unpaired) electrons. The van der Waals surface area contributed by atoms with Gasteiger partial charge in [0.05, 0.1) is 5.92 Å². The van der Waals surface area contributed by atoms with Crippen molar-refractivity contribution in [1.29, 1.82) is 0 Å². The zero-order valence-corrected chi connectivity index (χ0v) is 11.3. The average molecular weight is 249 g/mol. The number of carboxylic acid groups (broad SMARTS) is 1. The van der Waals surface area contributed by atoms with Crippen LogP contribution in [0, 0.1) is 19.8 Å². The molecular formula is C15H23NO2. The van der Waals surface area contributed by atoms with E-state index < -0.39 is 5.97 Å². The summed E-state index contributed by atoms with van der Waals surface area (Å²) in [6.07, 6.45) is 3.12. The molecule has 0 aliphatic carbocycles. The maximum atomic E-state index is 11.3. The van der Waals surface area contributed by atoms with Crippen molar-refractivity contribution in [2.24, 2.45) is 11.7 Å². The first-order valence-corrected chi connectivity index (χ1v) is 6.54. The van der Waals surface area contributed by atoms with Gasteiger partial charge in [-0.15, -0.1) is 0 Å². The van der Waals surface area contributed by atoms with Gasteiger partial charge in [0.25, 0.3) is 0 Å². The van der Waals surface area contributed by atoms with E-state index in [0.29, 0.717) is 19.4 Å². The molecule has 100 valence electrons. The van der Waals surface area contributed by atoms with Gasteiger partial charge in [-0.25, -0.2) is 0 Å². The van der Waals surface area contributed by atoms with E-state index in [-0.39, 0.29) is 5.92 Å². The second-order valence-corrected chi connectivity index (χ2v) is 4.89. The van der Waals surface area contributed by atoms with Crippen molar-refractivity contribution in [1.82, 2.24) is 0 Å². The quantitative estimate of drug-likeness (QED) is 0.730. The van der Waals surface area contributed by atoms with E-state index in [1.165, 1.54) is 16.7 Å². The lowest BCUT2D eigenvalue weighted by molar-refractivity contribution is -0.142.